The fourth-order valence-electron chi connectivity index (χ4n) is 1.85. The number of carbonyl (C=O) groups excluding carboxylic acids is 2. The molecule has 0 saturated carbocycles. The summed E-state index contributed by atoms with van der Waals surface area (Å²) in [6.45, 7) is 0.996. The van der Waals surface area contributed by atoms with Crippen LogP contribution in [0.4, 0.5) is 0 Å². The summed E-state index contributed by atoms with van der Waals surface area (Å²) in [5.74, 6) is -2.21. The van der Waals surface area contributed by atoms with E-state index in [1.807, 2.05) is 0 Å². The highest BCUT2D eigenvalue weighted by Crippen LogP contribution is 2.18. The normalized spacial score (nSPS) is 24.7. The van der Waals surface area contributed by atoms with Crippen molar-refractivity contribution >= 4 is 17.8 Å². The van der Waals surface area contributed by atoms with Crippen LogP contribution in [-0.2, 0) is 14.4 Å². The highest BCUT2D eigenvalue weighted by atomic mass is 16.4. The molecule has 8 nitrogen and oxygen atoms in total. The second-order valence-electron chi connectivity index (χ2n) is 4.30. The Labute approximate surface area is 104 Å². The lowest BCUT2D eigenvalue weighted by atomic mass is 10.1. The third-order valence-corrected chi connectivity index (χ3v) is 2.67. The predicted octanol–water partition coefficient (Wildman–Crippen LogP) is -2.50. The van der Waals surface area contributed by atoms with Gasteiger partial charge < -0.3 is 26.2 Å². The molecular weight excluding hydrogens is 242 g/mol. The third kappa shape index (κ3) is 3.41. The maximum atomic E-state index is 11.7. The Bertz CT molecular complexity index is 357. The maximum absolute atomic E-state index is 11.7. The van der Waals surface area contributed by atoms with E-state index in [2.05, 4.69) is 5.32 Å². The third-order valence-electron chi connectivity index (χ3n) is 2.67. The SMILES string of the molecule is CC(N)C(=O)N1CC(O)CC1C(=O)NCC(=O)O. The van der Waals surface area contributed by atoms with E-state index >= 15 is 0 Å². The molecule has 0 bridgehead atoms. The Kier molecular flexibility index (Phi) is 4.62. The number of nitrogens with one attached hydrogen (secondary N) is 1. The van der Waals surface area contributed by atoms with Gasteiger partial charge in [0.15, 0.2) is 0 Å². The van der Waals surface area contributed by atoms with Crippen molar-refractivity contribution in [1.82, 2.24) is 10.2 Å². The molecule has 3 unspecified atom stereocenters. The van der Waals surface area contributed by atoms with E-state index in [1.165, 1.54) is 11.8 Å². The zero-order valence-electron chi connectivity index (χ0n) is 10.00. The van der Waals surface area contributed by atoms with Crippen LogP contribution in [0.2, 0.25) is 0 Å². The first-order valence-corrected chi connectivity index (χ1v) is 5.56. The minimum Gasteiger partial charge on any atom is -0.480 e. The highest BCUT2D eigenvalue weighted by molar-refractivity contribution is 5.91. The van der Waals surface area contributed by atoms with Gasteiger partial charge in [-0.3, -0.25) is 14.4 Å². The predicted molar refractivity (Wildman–Crippen MR) is 60.4 cm³/mol. The van der Waals surface area contributed by atoms with Crippen LogP contribution in [0.1, 0.15) is 13.3 Å². The number of carboxylic acid groups (broad SMARTS) is 1. The van der Waals surface area contributed by atoms with Crippen LogP contribution in [0.5, 0.6) is 0 Å². The standard InChI is InChI=1S/C10H17N3O5/c1-5(11)10(18)13-4-6(14)2-7(13)9(17)12-3-8(15)16/h5-7,14H,2-4,11H2,1H3,(H,12,17)(H,15,16). The molecule has 1 aliphatic heterocycles. The van der Waals surface area contributed by atoms with Crippen LogP contribution in [0, 0.1) is 0 Å². The fraction of sp³-hybridized carbons (Fsp3) is 0.700. The fourth-order valence-corrected chi connectivity index (χ4v) is 1.85. The van der Waals surface area contributed by atoms with Gasteiger partial charge in [0, 0.05) is 13.0 Å². The molecule has 8 heteroatoms. The summed E-state index contributed by atoms with van der Waals surface area (Å²) >= 11 is 0. The monoisotopic (exact) mass is 259 g/mol. The van der Waals surface area contributed by atoms with Gasteiger partial charge in [-0.15, -0.1) is 0 Å². The molecule has 2 amide bonds. The average Bonchev–Trinajstić information content (AvgIpc) is 2.66. The summed E-state index contributed by atoms with van der Waals surface area (Å²) in [4.78, 5) is 35.0. The molecule has 1 aliphatic rings. The van der Waals surface area contributed by atoms with E-state index in [0.29, 0.717) is 0 Å². The van der Waals surface area contributed by atoms with E-state index in [9.17, 15) is 19.5 Å². The first kappa shape index (κ1) is 14.4. The molecule has 0 spiro atoms. The van der Waals surface area contributed by atoms with Gasteiger partial charge in [0.05, 0.1) is 12.1 Å². The van der Waals surface area contributed by atoms with E-state index < -0.39 is 42.5 Å². The lowest BCUT2D eigenvalue weighted by Crippen LogP contribution is -2.51. The number of aliphatic hydroxyl groups is 1. The Morgan fingerprint density at radius 1 is 1.50 bits per heavy atom. The van der Waals surface area contributed by atoms with Gasteiger partial charge in [0.2, 0.25) is 11.8 Å². The molecule has 3 atom stereocenters. The van der Waals surface area contributed by atoms with E-state index in [-0.39, 0.29) is 13.0 Å². The number of carbonyl (C=O) groups is 3. The van der Waals surface area contributed by atoms with Crippen molar-refractivity contribution in [2.45, 2.75) is 31.5 Å². The molecular formula is C10H17N3O5. The van der Waals surface area contributed by atoms with E-state index in [4.69, 9.17) is 10.8 Å². The summed E-state index contributed by atoms with van der Waals surface area (Å²) in [5.41, 5.74) is 5.45. The number of hydrogen-bond acceptors (Lipinski definition) is 5. The first-order valence-electron chi connectivity index (χ1n) is 5.56. The molecule has 102 valence electrons. The Morgan fingerprint density at radius 3 is 2.61 bits per heavy atom. The average molecular weight is 259 g/mol. The molecule has 1 fully saturated rings. The largest absolute Gasteiger partial charge is 0.480 e. The number of nitrogens with zero attached hydrogens (tertiary/aromatic N) is 1. The van der Waals surface area contributed by atoms with Crippen molar-refractivity contribution in [2.75, 3.05) is 13.1 Å². The number of carboxylic acids is 1. The molecule has 1 heterocycles. The zero-order valence-corrected chi connectivity index (χ0v) is 10.00. The van der Waals surface area contributed by atoms with Gasteiger partial charge in [-0.05, 0) is 6.92 Å². The van der Waals surface area contributed by atoms with Crippen molar-refractivity contribution in [3.63, 3.8) is 0 Å². The van der Waals surface area contributed by atoms with E-state index in [1.54, 1.807) is 0 Å². The minimum absolute atomic E-state index is 0.0333. The number of aliphatic carboxylic acids is 1. The van der Waals surface area contributed by atoms with Gasteiger partial charge in [-0.2, -0.15) is 0 Å². The molecule has 0 aliphatic carbocycles. The number of β-amino-alcohol motifs (C(OH)–C–C–N with tert-alkyl or cyclic N) is 1. The quantitative estimate of drug-likeness (QED) is 0.441. The summed E-state index contributed by atoms with van der Waals surface area (Å²) in [6, 6.07) is -1.64. The number of rotatable bonds is 4. The van der Waals surface area contributed by atoms with Crippen LogP contribution in [0.3, 0.4) is 0 Å². The smallest absolute Gasteiger partial charge is 0.322 e. The van der Waals surface area contributed by atoms with Gasteiger partial charge in [0.25, 0.3) is 0 Å². The van der Waals surface area contributed by atoms with E-state index in [0.717, 1.165) is 0 Å². The minimum atomic E-state index is -1.17. The molecule has 1 saturated heterocycles. The summed E-state index contributed by atoms with van der Waals surface area (Å²) < 4.78 is 0. The number of amides is 2. The molecule has 18 heavy (non-hydrogen) atoms. The molecule has 1 rings (SSSR count). The van der Waals surface area contributed by atoms with Crippen molar-refractivity contribution in [1.29, 1.82) is 0 Å². The van der Waals surface area contributed by atoms with Crippen molar-refractivity contribution in [3.8, 4) is 0 Å². The van der Waals surface area contributed by atoms with Gasteiger partial charge in [-0.25, -0.2) is 0 Å². The highest BCUT2D eigenvalue weighted by Gasteiger charge is 2.39. The van der Waals surface area contributed by atoms with Crippen LogP contribution in [0.15, 0.2) is 0 Å². The topological polar surface area (TPSA) is 133 Å². The van der Waals surface area contributed by atoms with Crippen molar-refractivity contribution < 1.29 is 24.6 Å². The van der Waals surface area contributed by atoms with Crippen LogP contribution in [0.25, 0.3) is 0 Å². The zero-order chi connectivity index (χ0) is 13.9. The Hall–Kier alpha value is -1.67. The number of aliphatic hydroxyl groups excluding tert-OH is 1. The molecule has 5 N–H and O–H groups in total. The second-order valence-corrected chi connectivity index (χ2v) is 4.30. The van der Waals surface area contributed by atoms with Crippen LogP contribution >= 0.6 is 0 Å². The van der Waals surface area contributed by atoms with Gasteiger partial charge in [0.1, 0.15) is 12.6 Å². The van der Waals surface area contributed by atoms with Crippen molar-refractivity contribution in [2.24, 2.45) is 5.73 Å². The number of hydrogen-bond donors (Lipinski definition) is 4. The lowest BCUT2D eigenvalue weighted by Gasteiger charge is -2.24. The van der Waals surface area contributed by atoms with Gasteiger partial charge >= 0.3 is 5.97 Å². The molecule has 0 aromatic rings. The van der Waals surface area contributed by atoms with Crippen LogP contribution < -0.4 is 11.1 Å². The second kappa shape index (κ2) is 5.78. The summed E-state index contributed by atoms with van der Waals surface area (Å²) in [5, 5.41) is 20.1. The Balaban J connectivity index is 2.69. The maximum Gasteiger partial charge on any atom is 0.322 e. The molecule has 0 radical (unpaired) electrons. The summed E-state index contributed by atoms with van der Waals surface area (Å²) in [6.07, 6.45) is -0.711. The van der Waals surface area contributed by atoms with Crippen LogP contribution in [-0.4, -0.2) is 64.2 Å². The first-order chi connectivity index (χ1) is 8.32. The van der Waals surface area contributed by atoms with Gasteiger partial charge in [-0.1, -0.05) is 0 Å². The number of likely N-dealkylation sites (tertiary alicyclic amines) is 1. The van der Waals surface area contributed by atoms with Crippen molar-refractivity contribution in [3.05, 3.63) is 0 Å². The summed E-state index contributed by atoms with van der Waals surface area (Å²) in [7, 11) is 0. The lowest BCUT2D eigenvalue weighted by molar-refractivity contribution is -0.141. The number of nitrogens with two attached hydrogens (primary N) is 1. The molecule has 0 aromatic heterocycles. The Morgan fingerprint density at radius 2 is 2.11 bits per heavy atom. The molecule has 0 aromatic carbocycles.